The van der Waals surface area contributed by atoms with Gasteiger partial charge in [0.25, 0.3) is 5.56 Å². The van der Waals surface area contributed by atoms with Crippen LogP contribution in [0.15, 0.2) is 58.1 Å². The molecule has 0 spiro atoms. The van der Waals surface area contributed by atoms with Crippen molar-refractivity contribution >= 4 is 16.9 Å². The molecule has 0 saturated carbocycles. The molecule has 5 rings (SSSR count). The van der Waals surface area contributed by atoms with Crippen LogP contribution in [0.1, 0.15) is 17.0 Å². The van der Waals surface area contributed by atoms with Crippen molar-refractivity contribution in [1.82, 2.24) is 23.6 Å². The fourth-order valence-electron chi connectivity index (χ4n) is 4.79. The molecule has 3 heterocycles. The topological polar surface area (TPSA) is 68.3 Å². The van der Waals surface area contributed by atoms with Gasteiger partial charge in [-0.2, -0.15) is 0 Å². The Hall–Kier alpha value is -3.72. The molecule has 1 fully saturated rings. The SMILES string of the molecule is Cc1cccc(Cn2c(CN3CCN(c4ccc(F)cc4)CC3)nc3c2c(=O)n(C)c(=O)n3C)c1. The minimum atomic E-state index is -0.387. The first-order valence-corrected chi connectivity index (χ1v) is 11.8. The lowest BCUT2D eigenvalue weighted by Gasteiger charge is -2.36. The van der Waals surface area contributed by atoms with Gasteiger partial charge in [0.1, 0.15) is 11.6 Å². The summed E-state index contributed by atoms with van der Waals surface area (Å²) in [5.41, 5.74) is 3.35. The number of aryl methyl sites for hydroxylation is 2. The zero-order chi connectivity index (χ0) is 24.7. The number of piperazine rings is 1. The van der Waals surface area contributed by atoms with Crippen molar-refractivity contribution in [1.29, 1.82) is 0 Å². The van der Waals surface area contributed by atoms with Crippen LogP contribution in [0.5, 0.6) is 0 Å². The Bertz CT molecular complexity index is 1490. The molecule has 1 aliphatic rings. The van der Waals surface area contributed by atoms with Crippen LogP contribution < -0.4 is 16.1 Å². The van der Waals surface area contributed by atoms with Crippen molar-refractivity contribution in [3.8, 4) is 0 Å². The number of benzene rings is 2. The van der Waals surface area contributed by atoms with E-state index in [9.17, 15) is 14.0 Å². The molecule has 2 aromatic heterocycles. The van der Waals surface area contributed by atoms with E-state index in [4.69, 9.17) is 4.98 Å². The number of halogens is 1. The van der Waals surface area contributed by atoms with E-state index in [1.807, 2.05) is 41.8 Å². The zero-order valence-electron chi connectivity index (χ0n) is 20.2. The molecule has 182 valence electrons. The average molecular weight is 477 g/mol. The van der Waals surface area contributed by atoms with Crippen LogP contribution in [0.4, 0.5) is 10.1 Å². The van der Waals surface area contributed by atoms with Crippen LogP contribution in [0, 0.1) is 12.7 Å². The molecular formula is C26H29FN6O2. The molecule has 0 unspecified atom stereocenters. The van der Waals surface area contributed by atoms with Gasteiger partial charge in [-0.25, -0.2) is 14.2 Å². The molecule has 4 aromatic rings. The number of hydrogen-bond donors (Lipinski definition) is 0. The van der Waals surface area contributed by atoms with Crippen LogP contribution in [0.25, 0.3) is 11.2 Å². The number of nitrogens with zero attached hydrogens (tertiary/aromatic N) is 6. The lowest BCUT2D eigenvalue weighted by atomic mass is 10.1. The molecule has 0 atom stereocenters. The van der Waals surface area contributed by atoms with Crippen molar-refractivity contribution in [3.05, 3.63) is 92.1 Å². The molecule has 0 N–H and O–H groups in total. The number of aromatic nitrogens is 4. The molecule has 0 aliphatic carbocycles. The predicted molar refractivity (Wildman–Crippen MR) is 134 cm³/mol. The summed E-state index contributed by atoms with van der Waals surface area (Å²) in [6.45, 7) is 6.34. The first kappa shape index (κ1) is 23.0. The molecular weight excluding hydrogens is 447 g/mol. The fraction of sp³-hybridized carbons (Fsp3) is 0.346. The van der Waals surface area contributed by atoms with E-state index in [0.717, 1.165) is 53.4 Å². The van der Waals surface area contributed by atoms with Gasteiger partial charge in [0.05, 0.1) is 6.54 Å². The summed E-state index contributed by atoms with van der Waals surface area (Å²) in [6, 6.07) is 14.8. The first-order valence-electron chi connectivity index (χ1n) is 11.8. The standard InChI is InChI=1S/C26H29FN6O2/c1-18-5-4-6-19(15-18)16-33-22(28-24-23(33)25(34)30(3)26(35)29(24)2)17-31-11-13-32(14-12-31)21-9-7-20(27)8-10-21/h4-10,15H,11-14,16-17H2,1-3H3. The van der Waals surface area contributed by atoms with Crippen molar-refractivity contribution in [3.63, 3.8) is 0 Å². The number of rotatable bonds is 5. The summed E-state index contributed by atoms with van der Waals surface area (Å²) in [6.07, 6.45) is 0. The van der Waals surface area contributed by atoms with Crippen LogP contribution in [0.2, 0.25) is 0 Å². The highest BCUT2D eigenvalue weighted by Gasteiger charge is 2.23. The van der Waals surface area contributed by atoms with Crippen LogP contribution in [0.3, 0.4) is 0 Å². The summed E-state index contributed by atoms with van der Waals surface area (Å²) in [7, 11) is 3.15. The average Bonchev–Trinajstić information content (AvgIpc) is 3.20. The molecule has 0 amide bonds. The number of fused-ring (bicyclic) bond motifs is 1. The van der Waals surface area contributed by atoms with Gasteiger partial charge in [-0.05, 0) is 36.8 Å². The lowest BCUT2D eigenvalue weighted by Crippen LogP contribution is -2.46. The van der Waals surface area contributed by atoms with Gasteiger partial charge in [-0.3, -0.25) is 18.8 Å². The summed E-state index contributed by atoms with van der Waals surface area (Å²) in [4.78, 5) is 35.0. The Morgan fingerprint density at radius 2 is 1.63 bits per heavy atom. The third-order valence-electron chi connectivity index (χ3n) is 6.78. The molecule has 1 aliphatic heterocycles. The molecule has 8 nitrogen and oxygen atoms in total. The number of anilines is 1. The molecule has 2 aromatic carbocycles. The Kier molecular flexibility index (Phi) is 6.02. The number of imidazole rings is 1. The third kappa shape index (κ3) is 4.39. The van der Waals surface area contributed by atoms with E-state index in [-0.39, 0.29) is 17.1 Å². The monoisotopic (exact) mass is 476 g/mol. The van der Waals surface area contributed by atoms with Gasteiger partial charge in [-0.15, -0.1) is 0 Å². The second-order valence-electron chi connectivity index (χ2n) is 9.22. The quantitative estimate of drug-likeness (QED) is 0.442. The minimum Gasteiger partial charge on any atom is -0.369 e. The Balaban J connectivity index is 1.47. The van der Waals surface area contributed by atoms with Gasteiger partial charge in [0, 0.05) is 52.5 Å². The summed E-state index contributed by atoms with van der Waals surface area (Å²) < 4.78 is 17.8. The first-order chi connectivity index (χ1) is 16.8. The van der Waals surface area contributed by atoms with E-state index in [1.165, 1.54) is 23.7 Å². The van der Waals surface area contributed by atoms with Crippen molar-refractivity contribution in [2.75, 3.05) is 31.1 Å². The van der Waals surface area contributed by atoms with E-state index in [1.54, 1.807) is 7.05 Å². The Morgan fingerprint density at radius 1 is 0.914 bits per heavy atom. The summed E-state index contributed by atoms with van der Waals surface area (Å²) in [5.74, 6) is 0.524. The fourth-order valence-corrected chi connectivity index (χ4v) is 4.79. The second kappa shape index (κ2) is 9.14. The van der Waals surface area contributed by atoms with Gasteiger partial charge in [0.15, 0.2) is 11.2 Å². The van der Waals surface area contributed by atoms with Crippen molar-refractivity contribution < 1.29 is 4.39 Å². The van der Waals surface area contributed by atoms with E-state index in [0.29, 0.717) is 24.3 Å². The highest BCUT2D eigenvalue weighted by molar-refractivity contribution is 5.71. The second-order valence-corrected chi connectivity index (χ2v) is 9.22. The van der Waals surface area contributed by atoms with Gasteiger partial charge >= 0.3 is 5.69 Å². The Labute approximate surface area is 202 Å². The molecule has 9 heteroatoms. The predicted octanol–water partition coefficient (Wildman–Crippen LogP) is 2.25. The van der Waals surface area contributed by atoms with Gasteiger partial charge in [-0.1, -0.05) is 29.8 Å². The maximum absolute atomic E-state index is 13.3. The molecule has 35 heavy (non-hydrogen) atoms. The van der Waals surface area contributed by atoms with Crippen LogP contribution in [-0.4, -0.2) is 49.8 Å². The van der Waals surface area contributed by atoms with Crippen LogP contribution in [-0.2, 0) is 27.2 Å². The Morgan fingerprint density at radius 3 is 2.31 bits per heavy atom. The maximum atomic E-state index is 13.3. The van der Waals surface area contributed by atoms with Crippen molar-refractivity contribution in [2.45, 2.75) is 20.0 Å². The molecule has 1 saturated heterocycles. The highest BCUT2D eigenvalue weighted by atomic mass is 19.1. The number of hydrogen-bond acceptors (Lipinski definition) is 5. The van der Waals surface area contributed by atoms with E-state index < -0.39 is 0 Å². The smallest absolute Gasteiger partial charge is 0.332 e. The third-order valence-corrected chi connectivity index (χ3v) is 6.78. The largest absolute Gasteiger partial charge is 0.369 e. The van der Waals surface area contributed by atoms with Crippen LogP contribution >= 0.6 is 0 Å². The summed E-state index contributed by atoms with van der Waals surface area (Å²) >= 11 is 0. The van der Waals surface area contributed by atoms with Gasteiger partial charge in [0.2, 0.25) is 0 Å². The normalized spacial score (nSPS) is 14.7. The maximum Gasteiger partial charge on any atom is 0.332 e. The van der Waals surface area contributed by atoms with Gasteiger partial charge < -0.3 is 9.47 Å². The summed E-state index contributed by atoms with van der Waals surface area (Å²) in [5, 5.41) is 0. The minimum absolute atomic E-state index is 0.236. The van der Waals surface area contributed by atoms with E-state index in [2.05, 4.69) is 15.9 Å². The van der Waals surface area contributed by atoms with Crippen molar-refractivity contribution in [2.24, 2.45) is 14.1 Å². The zero-order valence-corrected chi connectivity index (χ0v) is 20.2. The van der Waals surface area contributed by atoms with E-state index >= 15 is 0 Å². The molecule has 0 radical (unpaired) electrons. The highest BCUT2D eigenvalue weighted by Crippen LogP contribution is 2.20. The molecule has 0 bridgehead atoms. The lowest BCUT2D eigenvalue weighted by molar-refractivity contribution is 0.241.